The van der Waals surface area contributed by atoms with Gasteiger partial charge in [-0.15, -0.1) is 11.3 Å². The van der Waals surface area contributed by atoms with Crippen LogP contribution in [-0.2, 0) is 9.53 Å². The van der Waals surface area contributed by atoms with Gasteiger partial charge in [-0.1, -0.05) is 0 Å². The molecule has 1 rings (SSSR count). The summed E-state index contributed by atoms with van der Waals surface area (Å²) in [7, 11) is 3.41. The summed E-state index contributed by atoms with van der Waals surface area (Å²) in [5, 5.41) is 0. The van der Waals surface area contributed by atoms with E-state index in [0.29, 0.717) is 13.2 Å². The first kappa shape index (κ1) is 16.9. The second kappa shape index (κ2) is 8.17. The molecule has 0 aliphatic carbocycles. The molecule has 0 aliphatic heterocycles. The molecule has 1 heterocycles. The van der Waals surface area contributed by atoms with Gasteiger partial charge in [0, 0.05) is 55.5 Å². The van der Waals surface area contributed by atoms with Gasteiger partial charge >= 0.3 is 0 Å². The third-order valence-corrected chi connectivity index (χ3v) is 4.14. The average molecular weight is 297 g/mol. The Bertz CT molecular complexity index is 468. The van der Waals surface area contributed by atoms with Crippen LogP contribution < -0.4 is 0 Å². The Hall–Kier alpha value is -1.20. The predicted molar refractivity (Wildman–Crippen MR) is 81.5 cm³/mol. The lowest BCUT2D eigenvalue weighted by Crippen LogP contribution is -2.28. The molecule has 5 heteroatoms. The summed E-state index contributed by atoms with van der Waals surface area (Å²) < 4.78 is 4.95. The molecule has 112 valence electrons. The van der Waals surface area contributed by atoms with Crippen molar-refractivity contribution in [2.75, 3.05) is 27.3 Å². The van der Waals surface area contributed by atoms with Crippen molar-refractivity contribution in [3.8, 4) is 0 Å². The van der Waals surface area contributed by atoms with Gasteiger partial charge < -0.3 is 9.64 Å². The van der Waals surface area contributed by atoms with Crippen molar-refractivity contribution in [2.24, 2.45) is 0 Å². The molecule has 0 atom stereocenters. The van der Waals surface area contributed by atoms with Gasteiger partial charge in [-0.2, -0.15) is 0 Å². The van der Waals surface area contributed by atoms with E-state index in [1.165, 1.54) is 0 Å². The lowest BCUT2D eigenvalue weighted by atomic mass is 10.1. The molecule has 1 aromatic heterocycles. The smallest absolute Gasteiger partial charge is 0.222 e. The maximum Gasteiger partial charge on any atom is 0.222 e. The van der Waals surface area contributed by atoms with Gasteiger partial charge in [0.15, 0.2) is 5.78 Å². The molecule has 0 aromatic carbocycles. The monoisotopic (exact) mass is 297 g/mol. The third kappa shape index (κ3) is 5.06. The number of carbonyl (C=O) groups excluding carboxylic acids is 2. The number of Topliss-reactive ketones (excluding diaryl/α,β-unsaturated/α-hetero) is 1. The number of ketones is 1. The highest BCUT2D eigenvalue weighted by Gasteiger charge is 2.15. The van der Waals surface area contributed by atoms with E-state index in [-0.39, 0.29) is 24.5 Å². The molecule has 0 N–H and O–H groups in total. The molecule has 4 nitrogen and oxygen atoms in total. The fourth-order valence-electron chi connectivity index (χ4n) is 2.02. The van der Waals surface area contributed by atoms with E-state index in [1.54, 1.807) is 30.4 Å². The highest BCUT2D eigenvalue weighted by Crippen LogP contribution is 2.22. The van der Waals surface area contributed by atoms with Gasteiger partial charge in [-0.05, 0) is 26.3 Å². The van der Waals surface area contributed by atoms with Crippen LogP contribution in [0.15, 0.2) is 6.07 Å². The van der Waals surface area contributed by atoms with E-state index in [4.69, 9.17) is 4.74 Å². The van der Waals surface area contributed by atoms with E-state index >= 15 is 0 Å². The lowest BCUT2D eigenvalue weighted by molar-refractivity contribution is -0.130. The summed E-state index contributed by atoms with van der Waals surface area (Å²) >= 11 is 1.62. The summed E-state index contributed by atoms with van der Waals surface area (Å²) in [4.78, 5) is 27.8. The van der Waals surface area contributed by atoms with Gasteiger partial charge in [-0.3, -0.25) is 9.59 Å². The van der Waals surface area contributed by atoms with Crippen molar-refractivity contribution < 1.29 is 14.3 Å². The Morgan fingerprint density at radius 1 is 1.30 bits per heavy atom. The summed E-state index contributed by atoms with van der Waals surface area (Å²) in [6.07, 6.45) is 1.37. The zero-order chi connectivity index (χ0) is 15.1. The van der Waals surface area contributed by atoms with Crippen LogP contribution in [0.25, 0.3) is 0 Å². The largest absolute Gasteiger partial charge is 0.385 e. The molecular formula is C15H23NO3S. The molecule has 0 saturated carbocycles. The highest BCUT2D eigenvalue weighted by atomic mass is 32.1. The molecule has 0 saturated heterocycles. The fraction of sp³-hybridized carbons (Fsp3) is 0.600. The molecule has 0 fully saturated rings. The first-order chi connectivity index (χ1) is 9.45. The summed E-state index contributed by atoms with van der Waals surface area (Å²) in [6, 6.07) is 1.91. The number of carbonyl (C=O) groups is 2. The number of hydrogen-bond acceptors (Lipinski definition) is 4. The minimum absolute atomic E-state index is 0.0130. The van der Waals surface area contributed by atoms with Crippen molar-refractivity contribution in [1.29, 1.82) is 0 Å². The highest BCUT2D eigenvalue weighted by molar-refractivity contribution is 7.12. The molecule has 0 bridgehead atoms. The van der Waals surface area contributed by atoms with E-state index in [1.807, 2.05) is 19.9 Å². The molecule has 0 radical (unpaired) electrons. The molecule has 20 heavy (non-hydrogen) atoms. The Labute approximate surface area is 124 Å². The zero-order valence-corrected chi connectivity index (χ0v) is 13.5. The quantitative estimate of drug-likeness (QED) is 0.547. The molecule has 1 amide bonds. The number of ether oxygens (including phenoxy) is 1. The van der Waals surface area contributed by atoms with Crippen LogP contribution in [-0.4, -0.2) is 43.9 Å². The molecular weight excluding hydrogens is 274 g/mol. The number of rotatable bonds is 8. The van der Waals surface area contributed by atoms with Gasteiger partial charge in [0.05, 0.1) is 0 Å². The van der Waals surface area contributed by atoms with E-state index in [2.05, 4.69) is 0 Å². The topological polar surface area (TPSA) is 46.6 Å². The van der Waals surface area contributed by atoms with Gasteiger partial charge in [-0.25, -0.2) is 0 Å². The Kier molecular flexibility index (Phi) is 6.88. The molecule has 0 aliphatic rings. The maximum atomic E-state index is 12.1. The van der Waals surface area contributed by atoms with Gasteiger partial charge in [0.25, 0.3) is 0 Å². The normalized spacial score (nSPS) is 10.6. The lowest BCUT2D eigenvalue weighted by Gasteiger charge is -2.16. The SMILES string of the molecule is COCCCN(C)C(=O)CCC(=O)c1cc(C)sc1C. The standard InChI is InChI=1S/C15H23NO3S/c1-11-10-13(12(2)20-11)14(17)6-7-15(18)16(3)8-5-9-19-4/h10H,5-9H2,1-4H3. The van der Waals surface area contributed by atoms with Crippen molar-refractivity contribution in [1.82, 2.24) is 4.90 Å². The Morgan fingerprint density at radius 2 is 2.00 bits per heavy atom. The van der Waals surface area contributed by atoms with E-state index < -0.39 is 0 Å². The van der Waals surface area contributed by atoms with Gasteiger partial charge in [0.1, 0.15) is 0 Å². The number of aryl methyl sites for hydroxylation is 2. The summed E-state index contributed by atoms with van der Waals surface area (Å²) in [5.74, 6) is 0.0737. The number of methoxy groups -OCH3 is 1. The van der Waals surface area contributed by atoms with Crippen LogP contribution in [0, 0.1) is 13.8 Å². The number of amides is 1. The maximum absolute atomic E-state index is 12.1. The van der Waals surface area contributed by atoms with Crippen molar-refractivity contribution in [3.63, 3.8) is 0 Å². The van der Waals surface area contributed by atoms with Crippen molar-refractivity contribution in [2.45, 2.75) is 33.1 Å². The molecule has 1 aromatic rings. The summed E-state index contributed by atoms with van der Waals surface area (Å²) in [6.45, 7) is 5.24. The molecule has 0 spiro atoms. The van der Waals surface area contributed by atoms with Crippen LogP contribution in [0.3, 0.4) is 0 Å². The number of thiophene rings is 1. The number of hydrogen-bond donors (Lipinski definition) is 0. The first-order valence-electron chi connectivity index (χ1n) is 6.78. The number of nitrogens with zero attached hydrogens (tertiary/aromatic N) is 1. The van der Waals surface area contributed by atoms with Crippen LogP contribution in [0.4, 0.5) is 0 Å². The predicted octanol–water partition coefficient (Wildman–Crippen LogP) is 2.82. The minimum atomic E-state index is 0.0130. The minimum Gasteiger partial charge on any atom is -0.385 e. The fourth-order valence-corrected chi connectivity index (χ4v) is 2.97. The van der Waals surface area contributed by atoms with E-state index in [0.717, 1.165) is 21.7 Å². The van der Waals surface area contributed by atoms with Crippen LogP contribution in [0.2, 0.25) is 0 Å². The molecule has 0 unspecified atom stereocenters. The van der Waals surface area contributed by atoms with Crippen LogP contribution in [0.5, 0.6) is 0 Å². The Morgan fingerprint density at radius 3 is 2.55 bits per heavy atom. The third-order valence-electron chi connectivity index (χ3n) is 3.18. The van der Waals surface area contributed by atoms with Crippen LogP contribution >= 0.6 is 11.3 Å². The van der Waals surface area contributed by atoms with Gasteiger partial charge in [0.2, 0.25) is 5.91 Å². The average Bonchev–Trinajstić information content (AvgIpc) is 2.74. The summed E-state index contributed by atoms with van der Waals surface area (Å²) in [5.41, 5.74) is 0.766. The van der Waals surface area contributed by atoms with E-state index in [9.17, 15) is 9.59 Å². The van der Waals surface area contributed by atoms with Crippen molar-refractivity contribution >= 4 is 23.0 Å². The van der Waals surface area contributed by atoms with Crippen LogP contribution in [0.1, 0.15) is 39.4 Å². The second-order valence-electron chi connectivity index (χ2n) is 4.91. The Balaban J connectivity index is 2.40. The first-order valence-corrected chi connectivity index (χ1v) is 7.60. The zero-order valence-electron chi connectivity index (χ0n) is 12.7. The second-order valence-corrected chi connectivity index (χ2v) is 6.37. The van der Waals surface area contributed by atoms with Crippen molar-refractivity contribution in [3.05, 3.63) is 21.4 Å².